The Balaban J connectivity index is 0. The van der Waals surface area contributed by atoms with E-state index in [1.54, 1.807) is 7.05 Å². The lowest BCUT2D eigenvalue weighted by atomic mass is 10.4. The number of ether oxygens (including phenoxy) is 1. The molecule has 0 aromatic carbocycles. The molecule has 0 amide bonds. The van der Waals surface area contributed by atoms with Gasteiger partial charge in [-0.1, -0.05) is 13.3 Å². The fourth-order valence-electron chi connectivity index (χ4n) is 1.49. The van der Waals surface area contributed by atoms with Crippen molar-refractivity contribution in [3.05, 3.63) is 0 Å². The third-order valence-corrected chi connectivity index (χ3v) is 3.64. The maximum atomic E-state index is 11.0. The monoisotopic (exact) mass is 435 g/mol. The smallest absolute Gasteiger partial charge is 0.190 e. The van der Waals surface area contributed by atoms with Gasteiger partial charge in [0, 0.05) is 39.6 Å². The lowest BCUT2D eigenvalue weighted by Crippen LogP contribution is -2.38. The second-order valence-corrected chi connectivity index (χ2v) is 6.99. The fourth-order valence-corrected chi connectivity index (χ4v) is 2.16. The van der Waals surface area contributed by atoms with Crippen LogP contribution in [-0.2, 0) is 14.6 Å². The molecule has 21 heavy (non-hydrogen) atoms. The molecular weight excluding hydrogens is 405 g/mol. The second-order valence-electron chi connectivity index (χ2n) is 4.73. The van der Waals surface area contributed by atoms with Crippen molar-refractivity contribution in [2.45, 2.75) is 32.6 Å². The van der Waals surface area contributed by atoms with Crippen LogP contribution in [-0.4, -0.2) is 59.7 Å². The van der Waals surface area contributed by atoms with Crippen LogP contribution >= 0.6 is 24.0 Å². The quantitative estimate of drug-likeness (QED) is 0.222. The largest absolute Gasteiger partial charge is 0.381 e. The number of nitrogens with one attached hydrogen (secondary N) is 2. The van der Waals surface area contributed by atoms with E-state index in [0.717, 1.165) is 39.0 Å². The summed E-state index contributed by atoms with van der Waals surface area (Å²) < 4.78 is 27.4. The number of rotatable bonds is 11. The SMILES string of the molecule is CCCCOCCCNC(=NC)NCCCS(C)(=O)=O.I. The first-order chi connectivity index (χ1) is 9.49. The number of nitrogens with zero attached hydrogens (tertiary/aromatic N) is 1. The molecule has 0 radical (unpaired) electrons. The first kappa shape index (κ1) is 23.2. The number of aliphatic imine (C=N–C) groups is 1. The van der Waals surface area contributed by atoms with E-state index >= 15 is 0 Å². The van der Waals surface area contributed by atoms with Crippen LogP contribution < -0.4 is 10.6 Å². The summed E-state index contributed by atoms with van der Waals surface area (Å²) in [5.74, 6) is 0.898. The Morgan fingerprint density at radius 3 is 2.19 bits per heavy atom. The van der Waals surface area contributed by atoms with E-state index in [9.17, 15) is 8.42 Å². The fraction of sp³-hybridized carbons (Fsp3) is 0.923. The van der Waals surface area contributed by atoms with Gasteiger partial charge in [0.05, 0.1) is 5.75 Å². The standard InChI is InChI=1S/C13H29N3O3S.HI/c1-4-5-10-19-11-6-8-15-13(14-2)16-9-7-12-20(3,17)18;/h4-12H2,1-3H3,(H2,14,15,16);1H. The molecule has 0 heterocycles. The summed E-state index contributed by atoms with van der Waals surface area (Å²) >= 11 is 0. The van der Waals surface area contributed by atoms with Gasteiger partial charge in [-0.15, -0.1) is 24.0 Å². The molecule has 0 aliphatic heterocycles. The second kappa shape index (κ2) is 14.8. The van der Waals surface area contributed by atoms with Crippen molar-refractivity contribution in [2.24, 2.45) is 4.99 Å². The molecule has 0 atom stereocenters. The molecule has 0 aromatic rings. The third kappa shape index (κ3) is 17.9. The highest BCUT2D eigenvalue weighted by Crippen LogP contribution is 1.89. The van der Waals surface area contributed by atoms with E-state index in [1.165, 1.54) is 6.26 Å². The molecule has 0 saturated carbocycles. The maximum Gasteiger partial charge on any atom is 0.190 e. The average Bonchev–Trinajstić information content (AvgIpc) is 2.39. The Kier molecular flexibility index (Phi) is 16.4. The number of guanidine groups is 1. The summed E-state index contributed by atoms with van der Waals surface area (Å²) in [6.07, 6.45) is 5.02. The first-order valence-electron chi connectivity index (χ1n) is 7.19. The van der Waals surface area contributed by atoms with E-state index in [-0.39, 0.29) is 29.7 Å². The number of halogens is 1. The van der Waals surface area contributed by atoms with Crippen molar-refractivity contribution < 1.29 is 13.2 Å². The van der Waals surface area contributed by atoms with Crippen LogP contribution in [0.25, 0.3) is 0 Å². The Morgan fingerprint density at radius 2 is 1.67 bits per heavy atom. The van der Waals surface area contributed by atoms with Gasteiger partial charge in [-0.05, 0) is 19.3 Å². The predicted molar refractivity (Wildman–Crippen MR) is 99.5 cm³/mol. The van der Waals surface area contributed by atoms with Gasteiger partial charge >= 0.3 is 0 Å². The lowest BCUT2D eigenvalue weighted by Gasteiger charge is -2.11. The molecule has 6 nitrogen and oxygen atoms in total. The van der Waals surface area contributed by atoms with Gasteiger partial charge in [-0.3, -0.25) is 4.99 Å². The normalized spacial score (nSPS) is 11.9. The minimum atomic E-state index is -2.88. The Bertz CT molecular complexity index is 362. The maximum absolute atomic E-state index is 11.0. The molecule has 0 rings (SSSR count). The van der Waals surface area contributed by atoms with Gasteiger partial charge in [0.25, 0.3) is 0 Å². The van der Waals surface area contributed by atoms with E-state index in [2.05, 4.69) is 22.5 Å². The zero-order valence-electron chi connectivity index (χ0n) is 13.4. The van der Waals surface area contributed by atoms with Crippen LogP contribution in [0.15, 0.2) is 4.99 Å². The minimum Gasteiger partial charge on any atom is -0.381 e. The lowest BCUT2D eigenvalue weighted by molar-refractivity contribution is 0.129. The minimum absolute atomic E-state index is 0. The van der Waals surface area contributed by atoms with E-state index in [4.69, 9.17) is 4.74 Å². The molecule has 0 fully saturated rings. The summed E-state index contributed by atoms with van der Waals surface area (Å²) in [5, 5.41) is 6.25. The van der Waals surface area contributed by atoms with Gasteiger partial charge in [-0.25, -0.2) is 8.42 Å². The van der Waals surface area contributed by atoms with Crippen LogP contribution in [0.5, 0.6) is 0 Å². The summed E-state index contributed by atoms with van der Waals surface area (Å²) in [4.78, 5) is 4.07. The van der Waals surface area contributed by atoms with Gasteiger partial charge in [0.2, 0.25) is 0 Å². The number of hydrogen-bond donors (Lipinski definition) is 2. The van der Waals surface area contributed by atoms with Gasteiger partial charge in [-0.2, -0.15) is 0 Å². The molecule has 0 spiro atoms. The zero-order valence-corrected chi connectivity index (χ0v) is 16.5. The molecule has 128 valence electrons. The van der Waals surface area contributed by atoms with Crippen molar-refractivity contribution in [1.82, 2.24) is 10.6 Å². The average molecular weight is 435 g/mol. The first-order valence-corrected chi connectivity index (χ1v) is 9.25. The van der Waals surface area contributed by atoms with Crippen molar-refractivity contribution in [1.29, 1.82) is 0 Å². The highest BCUT2D eigenvalue weighted by atomic mass is 127. The van der Waals surface area contributed by atoms with Crippen molar-refractivity contribution in [2.75, 3.05) is 45.4 Å². The van der Waals surface area contributed by atoms with Crippen molar-refractivity contribution in [3.8, 4) is 0 Å². The number of unbranched alkanes of at least 4 members (excludes halogenated alkanes) is 1. The number of sulfone groups is 1. The number of hydrogen-bond acceptors (Lipinski definition) is 4. The topological polar surface area (TPSA) is 79.8 Å². The predicted octanol–water partition coefficient (Wildman–Crippen LogP) is 1.41. The van der Waals surface area contributed by atoms with Crippen LogP contribution in [0.2, 0.25) is 0 Å². The Morgan fingerprint density at radius 1 is 1.10 bits per heavy atom. The van der Waals surface area contributed by atoms with Gasteiger partial charge in [0.15, 0.2) is 5.96 Å². The summed E-state index contributed by atoms with van der Waals surface area (Å²) in [7, 11) is -1.18. The molecule has 8 heteroatoms. The summed E-state index contributed by atoms with van der Waals surface area (Å²) in [5.41, 5.74) is 0. The molecule has 2 N–H and O–H groups in total. The molecule has 0 aromatic heterocycles. The zero-order chi connectivity index (χ0) is 15.3. The van der Waals surface area contributed by atoms with Crippen LogP contribution in [0.1, 0.15) is 32.6 Å². The van der Waals surface area contributed by atoms with Gasteiger partial charge < -0.3 is 15.4 Å². The van der Waals surface area contributed by atoms with E-state index in [1.807, 2.05) is 0 Å². The van der Waals surface area contributed by atoms with E-state index in [0.29, 0.717) is 18.9 Å². The molecule has 0 aliphatic carbocycles. The van der Waals surface area contributed by atoms with Crippen LogP contribution in [0.4, 0.5) is 0 Å². The Labute approximate surface area is 146 Å². The van der Waals surface area contributed by atoms with Crippen LogP contribution in [0, 0.1) is 0 Å². The summed E-state index contributed by atoms with van der Waals surface area (Å²) in [6.45, 7) is 5.11. The summed E-state index contributed by atoms with van der Waals surface area (Å²) in [6, 6.07) is 0. The molecule has 0 saturated heterocycles. The highest BCUT2D eigenvalue weighted by Gasteiger charge is 2.02. The molecular formula is C13H30IN3O3S. The van der Waals surface area contributed by atoms with Crippen molar-refractivity contribution in [3.63, 3.8) is 0 Å². The molecule has 0 aliphatic rings. The molecule has 0 unspecified atom stereocenters. The van der Waals surface area contributed by atoms with E-state index < -0.39 is 9.84 Å². The molecule has 0 bridgehead atoms. The third-order valence-electron chi connectivity index (χ3n) is 2.61. The van der Waals surface area contributed by atoms with Crippen molar-refractivity contribution >= 4 is 39.8 Å². The van der Waals surface area contributed by atoms with Crippen LogP contribution in [0.3, 0.4) is 0 Å². The van der Waals surface area contributed by atoms with Gasteiger partial charge in [0.1, 0.15) is 9.84 Å². The Hall–Kier alpha value is -0.0900. The highest BCUT2D eigenvalue weighted by molar-refractivity contribution is 14.0.